The number of rotatable bonds is 3. The fourth-order valence-corrected chi connectivity index (χ4v) is 1.43. The number of nitro groups is 1. The molecule has 0 aliphatic carbocycles. The molecule has 2 N–H and O–H groups in total. The highest BCUT2D eigenvalue weighted by atomic mass is 16.6. The zero-order valence-corrected chi connectivity index (χ0v) is 8.91. The van der Waals surface area contributed by atoms with Crippen molar-refractivity contribution in [3.63, 3.8) is 0 Å². The van der Waals surface area contributed by atoms with Gasteiger partial charge >= 0.3 is 0 Å². The van der Waals surface area contributed by atoms with E-state index in [9.17, 15) is 10.1 Å². The number of hydrogen-bond acceptors (Lipinski definition) is 6. The fraction of sp³-hybridized carbons (Fsp3) is 0.100. The smallest absolute Gasteiger partial charge is 0.270 e. The number of benzene rings is 1. The van der Waals surface area contributed by atoms with Crippen molar-refractivity contribution in [1.29, 1.82) is 0 Å². The predicted molar refractivity (Wildman–Crippen MR) is 59.6 cm³/mol. The minimum absolute atomic E-state index is 0.0534. The molecule has 0 spiro atoms. The van der Waals surface area contributed by atoms with Crippen LogP contribution in [0.5, 0.6) is 5.75 Å². The Kier molecular flexibility index (Phi) is 2.65. The van der Waals surface area contributed by atoms with Crippen LogP contribution in [0.1, 0.15) is 0 Å². The Morgan fingerprint density at radius 2 is 2.24 bits per heavy atom. The molecule has 2 aromatic rings. The van der Waals surface area contributed by atoms with Crippen LogP contribution in [0.4, 0.5) is 11.6 Å². The van der Waals surface area contributed by atoms with Crippen LogP contribution in [0.3, 0.4) is 0 Å². The van der Waals surface area contributed by atoms with Crippen LogP contribution >= 0.6 is 0 Å². The maximum absolute atomic E-state index is 10.7. The van der Waals surface area contributed by atoms with Crippen molar-refractivity contribution < 1.29 is 14.2 Å². The first-order valence-electron chi connectivity index (χ1n) is 4.67. The minimum Gasteiger partial charge on any atom is -0.496 e. The highest BCUT2D eigenvalue weighted by Gasteiger charge is 2.15. The number of methoxy groups -OCH3 is 1. The summed E-state index contributed by atoms with van der Waals surface area (Å²) in [4.78, 5) is 10.2. The lowest BCUT2D eigenvalue weighted by molar-refractivity contribution is -0.384. The maximum Gasteiger partial charge on any atom is 0.270 e. The summed E-state index contributed by atoms with van der Waals surface area (Å²) in [5.74, 6) is 0.595. The van der Waals surface area contributed by atoms with Crippen LogP contribution in [-0.2, 0) is 0 Å². The molecule has 1 aromatic heterocycles. The lowest BCUT2D eigenvalue weighted by Crippen LogP contribution is -1.92. The second-order valence-corrected chi connectivity index (χ2v) is 3.26. The van der Waals surface area contributed by atoms with Gasteiger partial charge in [-0.25, -0.2) is 0 Å². The summed E-state index contributed by atoms with van der Waals surface area (Å²) in [6.07, 6.45) is 0. The van der Waals surface area contributed by atoms with Gasteiger partial charge in [0.15, 0.2) is 0 Å². The van der Waals surface area contributed by atoms with E-state index >= 15 is 0 Å². The summed E-state index contributed by atoms with van der Waals surface area (Å²) in [6, 6.07) is 5.68. The number of nitrogen functional groups attached to an aromatic ring is 1. The van der Waals surface area contributed by atoms with E-state index in [1.807, 2.05) is 0 Å². The van der Waals surface area contributed by atoms with Crippen LogP contribution in [0.15, 0.2) is 28.8 Å². The number of non-ortho nitro benzene ring substituents is 1. The van der Waals surface area contributed by atoms with Crippen molar-refractivity contribution in [1.82, 2.24) is 5.16 Å². The fourth-order valence-electron chi connectivity index (χ4n) is 1.43. The SMILES string of the molecule is COc1ccc([N+](=O)[O-])cc1-c1cc(N)on1. The maximum atomic E-state index is 10.7. The summed E-state index contributed by atoms with van der Waals surface area (Å²) in [7, 11) is 1.47. The topological polar surface area (TPSA) is 104 Å². The molecule has 0 atom stereocenters. The molecule has 1 heterocycles. The zero-order valence-electron chi connectivity index (χ0n) is 8.91. The third-order valence-electron chi connectivity index (χ3n) is 2.20. The largest absolute Gasteiger partial charge is 0.496 e. The second-order valence-electron chi connectivity index (χ2n) is 3.26. The highest BCUT2D eigenvalue weighted by Crippen LogP contribution is 2.33. The van der Waals surface area contributed by atoms with Gasteiger partial charge in [0.05, 0.1) is 17.6 Å². The summed E-state index contributed by atoms with van der Waals surface area (Å²) in [5, 5.41) is 14.4. The van der Waals surface area contributed by atoms with E-state index in [-0.39, 0.29) is 11.6 Å². The molecule has 0 bridgehead atoms. The number of aromatic nitrogens is 1. The first-order valence-corrected chi connectivity index (χ1v) is 4.67. The molecular weight excluding hydrogens is 226 g/mol. The van der Waals surface area contributed by atoms with Gasteiger partial charge in [-0.1, -0.05) is 5.16 Å². The van der Waals surface area contributed by atoms with Gasteiger partial charge in [-0.3, -0.25) is 10.1 Å². The highest BCUT2D eigenvalue weighted by molar-refractivity contribution is 5.71. The van der Waals surface area contributed by atoms with Gasteiger partial charge in [-0.15, -0.1) is 0 Å². The van der Waals surface area contributed by atoms with Crippen molar-refractivity contribution in [3.05, 3.63) is 34.4 Å². The number of ether oxygens (including phenoxy) is 1. The van der Waals surface area contributed by atoms with Gasteiger partial charge in [0.1, 0.15) is 11.4 Å². The van der Waals surface area contributed by atoms with E-state index in [1.54, 1.807) is 0 Å². The Hall–Kier alpha value is -2.57. The average Bonchev–Trinajstić information content (AvgIpc) is 2.74. The van der Waals surface area contributed by atoms with Crippen molar-refractivity contribution in [2.24, 2.45) is 0 Å². The number of anilines is 1. The Morgan fingerprint density at radius 3 is 2.76 bits per heavy atom. The normalized spacial score (nSPS) is 10.2. The standard InChI is InChI=1S/C10H9N3O4/c1-16-9-3-2-6(13(14)15)4-7(9)8-5-10(11)17-12-8/h2-5H,11H2,1H3. The van der Waals surface area contributed by atoms with Gasteiger partial charge < -0.3 is 15.0 Å². The van der Waals surface area contributed by atoms with Crippen LogP contribution in [0, 0.1) is 10.1 Å². The Bertz CT molecular complexity index is 564. The molecule has 7 heteroatoms. The van der Waals surface area contributed by atoms with Crippen molar-refractivity contribution in [3.8, 4) is 17.0 Å². The first-order chi connectivity index (χ1) is 8.11. The van der Waals surface area contributed by atoms with E-state index in [0.717, 1.165) is 0 Å². The lowest BCUT2D eigenvalue weighted by atomic mass is 10.1. The van der Waals surface area contributed by atoms with Crippen molar-refractivity contribution >= 4 is 11.6 Å². The zero-order chi connectivity index (χ0) is 12.4. The van der Waals surface area contributed by atoms with Gasteiger partial charge in [0.2, 0.25) is 5.88 Å². The third-order valence-corrected chi connectivity index (χ3v) is 2.20. The molecule has 0 saturated carbocycles. The van der Waals surface area contributed by atoms with E-state index in [4.69, 9.17) is 15.0 Å². The Morgan fingerprint density at radius 1 is 1.47 bits per heavy atom. The predicted octanol–water partition coefficient (Wildman–Crippen LogP) is 1.84. The molecule has 0 unspecified atom stereocenters. The molecule has 0 aliphatic rings. The number of hydrogen-bond donors (Lipinski definition) is 1. The number of nitrogens with two attached hydrogens (primary N) is 1. The summed E-state index contributed by atoms with van der Waals surface area (Å²) >= 11 is 0. The van der Waals surface area contributed by atoms with E-state index in [2.05, 4.69) is 5.16 Å². The summed E-state index contributed by atoms with van der Waals surface area (Å²) < 4.78 is 9.82. The van der Waals surface area contributed by atoms with Crippen LogP contribution in [0.25, 0.3) is 11.3 Å². The number of nitro benzene ring substituents is 1. The molecule has 88 valence electrons. The molecule has 17 heavy (non-hydrogen) atoms. The molecule has 0 aliphatic heterocycles. The summed E-state index contributed by atoms with van der Waals surface area (Å²) in [5.41, 5.74) is 6.20. The summed E-state index contributed by atoms with van der Waals surface area (Å²) in [6.45, 7) is 0. The molecular formula is C10H9N3O4. The van der Waals surface area contributed by atoms with Crippen molar-refractivity contribution in [2.75, 3.05) is 12.8 Å². The molecule has 0 fully saturated rings. The second kappa shape index (κ2) is 4.12. The minimum atomic E-state index is -0.494. The van der Waals surface area contributed by atoms with Gasteiger partial charge in [0.25, 0.3) is 5.69 Å². The van der Waals surface area contributed by atoms with Crippen molar-refractivity contribution in [2.45, 2.75) is 0 Å². The quantitative estimate of drug-likeness (QED) is 0.642. The molecule has 0 saturated heterocycles. The molecule has 0 radical (unpaired) electrons. The number of nitrogens with zero attached hydrogens (tertiary/aromatic N) is 2. The Labute approximate surface area is 95.9 Å². The van der Waals surface area contributed by atoms with Crippen LogP contribution < -0.4 is 10.5 Å². The third kappa shape index (κ3) is 2.03. The van der Waals surface area contributed by atoms with Crippen LogP contribution in [-0.4, -0.2) is 17.2 Å². The van der Waals surface area contributed by atoms with Crippen LogP contribution in [0.2, 0.25) is 0 Å². The van der Waals surface area contributed by atoms with E-state index in [0.29, 0.717) is 17.0 Å². The molecule has 0 amide bonds. The first kappa shape index (κ1) is 10.9. The molecule has 2 rings (SSSR count). The van der Waals surface area contributed by atoms with Gasteiger partial charge in [0, 0.05) is 18.2 Å². The lowest BCUT2D eigenvalue weighted by Gasteiger charge is -2.04. The van der Waals surface area contributed by atoms with E-state index in [1.165, 1.54) is 31.4 Å². The van der Waals surface area contributed by atoms with Gasteiger partial charge in [-0.05, 0) is 6.07 Å². The molecule has 7 nitrogen and oxygen atoms in total. The molecule has 1 aromatic carbocycles. The Balaban J connectivity index is 2.57. The average molecular weight is 235 g/mol. The van der Waals surface area contributed by atoms with Gasteiger partial charge in [-0.2, -0.15) is 0 Å². The monoisotopic (exact) mass is 235 g/mol. The van der Waals surface area contributed by atoms with E-state index < -0.39 is 4.92 Å².